The number of rotatable bonds is 3. The number of aromatic amines is 1. The normalized spacial score (nSPS) is 15.9. The molecule has 5 heteroatoms. The second kappa shape index (κ2) is 5.91. The lowest BCUT2D eigenvalue weighted by Gasteiger charge is -2.35. The van der Waals surface area contributed by atoms with Crippen LogP contribution in [-0.2, 0) is 4.79 Å². The highest BCUT2D eigenvalue weighted by Gasteiger charge is 2.25. The number of aromatic nitrogens is 1. The molecule has 0 atom stereocenters. The van der Waals surface area contributed by atoms with E-state index < -0.39 is 0 Å². The van der Waals surface area contributed by atoms with E-state index in [-0.39, 0.29) is 11.8 Å². The fourth-order valence-electron chi connectivity index (χ4n) is 2.27. The zero-order valence-electron chi connectivity index (χ0n) is 11.6. The summed E-state index contributed by atoms with van der Waals surface area (Å²) in [7, 11) is 0. The van der Waals surface area contributed by atoms with Crippen LogP contribution in [0.5, 0.6) is 0 Å². The maximum Gasteiger partial charge on any atom is 0.270 e. The van der Waals surface area contributed by atoms with Gasteiger partial charge >= 0.3 is 0 Å². The monoisotopic (exact) mass is 263 g/mol. The number of nitrogens with one attached hydrogen (secondary N) is 1. The molecule has 1 aromatic heterocycles. The fraction of sp³-hybridized carbons (Fsp3) is 0.571. The van der Waals surface area contributed by atoms with Crippen molar-refractivity contribution < 1.29 is 9.59 Å². The average molecular weight is 263 g/mol. The molecule has 2 heterocycles. The van der Waals surface area contributed by atoms with Crippen LogP contribution in [0, 0.1) is 5.92 Å². The third-order valence-corrected chi connectivity index (χ3v) is 3.33. The molecule has 1 aromatic rings. The zero-order chi connectivity index (χ0) is 13.8. The van der Waals surface area contributed by atoms with Crippen LogP contribution in [-0.4, -0.2) is 52.8 Å². The fourth-order valence-corrected chi connectivity index (χ4v) is 2.27. The third-order valence-electron chi connectivity index (χ3n) is 3.33. The van der Waals surface area contributed by atoms with Crippen LogP contribution in [0.1, 0.15) is 30.8 Å². The van der Waals surface area contributed by atoms with Crippen LogP contribution in [0.25, 0.3) is 0 Å². The Hall–Kier alpha value is -1.78. The molecule has 1 aliphatic heterocycles. The van der Waals surface area contributed by atoms with Crippen molar-refractivity contribution >= 4 is 11.8 Å². The van der Waals surface area contributed by atoms with Gasteiger partial charge in [0, 0.05) is 38.8 Å². The van der Waals surface area contributed by atoms with Crippen LogP contribution in [0.4, 0.5) is 0 Å². The van der Waals surface area contributed by atoms with Gasteiger partial charge in [-0.05, 0) is 18.1 Å². The second-order valence-electron chi connectivity index (χ2n) is 5.35. The Morgan fingerprint density at radius 2 is 1.84 bits per heavy atom. The summed E-state index contributed by atoms with van der Waals surface area (Å²) < 4.78 is 0. The largest absolute Gasteiger partial charge is 0.357 e. The van der Waals surface area contributed by atoms with Crippen LogP contribution in [0.15, 0.2) is 18.3 Å². The van der Waals surface area contributed by atoms with E-state index in [1.165, 1.54) is 0 Å². The Labute approximate surface area is 113 Å². The van der Waals surface area contributed by atoms with Gasteiger partial charge < -0.3 is 14.8 Å². The minimum atomic E-state index is 0.0148. The van der Waals surface area contributed by atoms with Gasteiger partial charge in [-0.1, -0.05) is 13.8 Å². The molecule has 1 N–H and O–H groups in total. The number of carbonyl (C=O) groups is 2. The first-order valence-electron chi connectivity index (χ1n) is 6.78. The molecule has 0 aliphatic carbocycles. The maximum atomic E-state index is 12.1. The van der Waals surface area contributed by atoms with Crippen molar-refractivity contribution in [3.05, 3.63) is 24.0 Å². The van der Waals surface area contributed by atoms with Gasteiger partial charge in [-0.3, -0.25) is 9.59 Å². The van der Waals surface area contributed by atoms with E-state index in [2.05, 4.69) is 4.98 Å². The van der Waals surface area contributed by atoms with Crippen molar-refractivity contribution in [2.75, 3.05) is 26.2 Å². The smallest absolute Gasteiger partial charge is 0.270 e. The van der Waals surface area contributed by atoms with Gasteiger partial charge in [0.25, 0.3) is 5.91 Å². The minimum Gasteiger partial charge on any atom is -0.357 e. The van der Waals surface area contributed by atoms with Gasteiger partial charge in [-0.25, -0.2) is 0 Å². The summed E-state index contributed by atoms with van der Waals surface area (Å²) in [4.78, 5) is 30.6. The highest BCUT2D eigenvalue weighted by molar-refractivity contribution is 5.92. The summed E-state index contributed by atoms with van der Waals surface area (Å²) in [6.45, 7) is 6.59. The average Bonchev–Trinajstić information content (AvgIpc) is 2.91. The van der Waals surface area contributed by atoms with Gasteiger partial charge in [0.15, 0.2) is 0 Å². The Kier molecular flexibility index (Phi) is 4.24. The molecular weight excluding hydrogens is 242 g/mol. The first-order valence-corrected chi connectivity index (χ1v) is 6.78. The lowest BCUT2D eigenvalue weighted by atomic mass is 10.1. The molecule has 0 radical (unpaired) electrons. The van der Waals surface area contributed by atoms with Crippen molar-refractivity contribution in [2.24, 2.45) is 5.92 Å². The van der Waals surface area contributed by atoms with Gasteiger partial charge in [0.05, 0.1) is 0 Å². The lowest BCUT2D eigenvalue weighted by molar-refractivity contribution is -0.133. The predicted octanol–water partition coefficient (Wildman–Crippen LogP) is 1.35. The number of piperazine rings is 1. The molecule has 0 spiro atoms. The standard InChI is InChI=1S/C14H21N3O2/c1-11(2)10-13(18)16-6-8-17(9-7-16)14(19)12-4-3-5-15-12/h3-5,11,15H,6-10H2,1-2H3. The van der Waals surface area contributed by atoms with Crippen molar-refractivity contribution in [1.82, 2.24) is 14.8 Å². The first-order chi connectivity index (χ1) is 9.08. The van der Waals surface area contributed by atoms with E-state index in [0.29, 0.717) is 44.2 Å². The maximum absolute atomic E-state index is 12.1. The molecule has 5 nitrogen and oxygen atoms in total. The molecule has 104 valence electrons. The van der Waals surface area contributed by atoms with E-state index in [4.69, 9.17) is 0 Å². The van der Waals surface area contributed by atoms with Gasteiger partial charge in [0.1, 0.15) is 5.69 Å². The summed E-state index contributed by atoms with van der Waals surface area (Å²) in [6, 6.07) is 3.59. The highest BCUT2D eigenvalue weighted by Crippen LogP contribution is 2.10. The number of carbonyl (C=O) groups excluding carboxylic acids is 2. The molecule has 1 fully saturated rings. The van der Waals surface area contributed by atoms with Crippen LogP contribution in [0.3, 0.4) is 0 Å². The first kappa shape index (κ1) is 13.6. The predicted molar refractivity (Wildman–Crippen MR) is 72.7 cm³/mol. The summed E-state index contributed by atoms with van der Waals surface area (Å²) in [5.74, 6) is 0.592. The van der Waals surface area contributed by atoms with E-state index >= 15 is 0 Å². The number of amides is 2. The number of nitrogens with zero attached hydrogens (tertiary/aromatic N) is 2. The molecule has 2 rings (SSSR count). The van der Waals surface area contributed by atoms with E-state index in [1.54, 1.807) is 17.2 Å². The quantitative estimate of drug-likeness (QED) is 0.895. The molecule has 0 unspecified atom stereocenters. The molecule has 1 saturated heterocycles. The van der Waals surface area contributed by atoms with Crippen molar-refractivity contribution in [2.45, 2.75) is 20.3 Å². The summed E-state index contributed by atoms with van der Waals surface area (Å²) in [5, 5.41) is 0. The van der Waals surface area contributed by atoms with Crippen molar-refractivity contribution in [3.63, 3.8) is 0 Å². The van der Waals surface area contributed by atoms with Crippen LogP contribution < -0.4 is 0 Å². The molecule has 1 aliphatic rings. The third kappa shape index (κ3) is 3.36. The molecule has 0 saturated carbocycles. The molecular formula is C14H21N3O2. The molecule has 19 heavy (non-hydrogen) atoms. The van der Waals surface area contributed by atoms with Crippen molar-refractivity contribution in [3.8, 4) is 0 Å². The van der Waals surface area contributed by atoms with E-state index in [1.807, 2.05) is 24.8 Å². The minimum absolute atomic E-state index is 0.0148. The SMILES string of the molecule is CC(C)CC(=O)N1CCN(C(=O)c2ccc[nH]2)CC1. The summed E-state index contributed by atoms with van der Waals surface area (Å²) in [5.41, 5.74) is 0.613. The Bertz CT molecular complexity index is 432. The second-order valence-corrected chi connectivity index (χ2v) is 5.35. The summed E-state index contributed by atoms with van der Waals surface area (Å²) >= 11 is 0. The number of hydrogen-bond acceptors (Lipinski definition) is 2. The topological polar surface area (TPSA) is 56.4 Å². The highest BCUT2D eigenvalue weighted by atomic mass is 16.2. The van der Waals surface area contributed by atoms with Gasteiger partial charge in [0.2, 0.25) is 5.91 Å². The van der Waals surface area contributed by atoms with Crippen molar-refractivity contribution in [1.29, 1.82) is 0 Å². The summed E-state index contributed by atoms with van der Waals surface area (Å²) in [6.07, 6.45) is 2.33. The van der Waals surface area contributed by atoms with Crippen LogP contribution >= 0.6 is 0 Å². The number of H-pyrrole nitrogens is 1. The van der Waals surface area contributed by atoms with E-state index in [0.717, 1.165) is 0 Å². The zero-order valence-corrected chi connectivity index (χ0v) is 11.6. The Morgan fingerprint density at radius 1 is 1.21 bits per heavy atom. The van der Waals surface area contributed by atoms with Crippen LogP contribution in [0.2, 0.25) is 0 Å². The number of hydrogen-bond donors (Lipinski definition) is 1. The Morgan fingerprint density at radius 3 is 2.37 bits per heavy atom. The molecule has 0 aromatic carbocycles. The molecule has 2 amide bonds. The molecule has 0 bridgehead atoms. The van der Waals surface area contributed by atoms with Gasteiger partial charge in [-0.15, -0.1) is 0 Å². The van der Waals surface area contributed by atoms with E-state index in [9.17, 15) is 9.59 Å². The Balaban J connectivity index is 1.86. The lowest BCUT2D eigenvalue weighted by Crippen LogP contribution is -2.50. The van der Waals surface area contributed by atoms with Gasteiger partial charge in [-0.2, -0.15) is 0 Å².